The molecular formula is C10H12N2O3. The fourth-order valence-electron chi connectivity index (χ4n) is 1.18. The summed E-state index contributed by atoms with van der Waals surface area (Å²) >= 11 is 0. The Morgan fingerprint density at radius 1 is 1.47 bits per heavy atom. The zero-order valence-electron chi connectivity index (χ0n) is 8.53. The van der Waals surface area contributed by atoms with E-state index in [0.29, 0.717) is 23.4 Å². The van der Waals surface area contributed by atoms with E-state index in [1.807, 2.05) is 0 Å². The number of benzene rings is 1. The van der Waals surface area contributed by atoms with E-state index < -0.39 is 0 Å². The van der Waals surface area contributed by atoms with E-state index in [4.69, 9.17) is 4.74 Å². The molecule has 0 aromatic heterocycles. The van der Waals surface area contributed by atoms with Gasteiger partial charge in [0.1, 0.15) is 5.75 Å². The lowest BCUT2D eigenvalue weighted by molar-refractivity contribution is -0.105. The molecule has 5 heteroatoms. The molecule has 0 heterocycles. The van der Waals surface area contributed by atoms with E-state index >= 15 is 0 Å². The van der Waals surface area contributed by atoms with Crippen molar-refractivity contribution in [3.8, 4) is 5.75 Å². The Balaban J connectivity index is 3.12. The van der Waals surface area contributed by atoms with Gasteiger partial charge in [-0.2, -0.15) is 0 Å². The number of amides is 2. The normalized spacial score (nSPS) is 9.20. The summed E-state index contributed by atoms with van der Waals surface area (Å²) in [4.78, 5) is 21.7. The molecule has 1 rings (SSSR count). The van der Waals surface area contributed by atoms with Gasteiger partial charge in [0.05, 0.1) is 12.7 Å². The Hall–Kier alpha value is -2.04. The topological polar surface area (TPSA) is 67.4 Å². The molecule has 2 N–H and O–H groups in total. The van der Waals surface area contributed by atoms with Gasteiger partial charge in [0.2, 0.25) is 6.41 Å². The highest BCUT2D eigenvalue weighted by Gasteiger charge is 2.11. The van der Waals surface area contributed by atoms with E-state index in [1.54, 1.807) is 18.2 Å². The third-order valence-electron chi connectivity index (χ3n) is 1.90. The maximum absolute atomic E-state index is 11.4. The Labute approximate surface area is 87.4 Å². The summed E-state index contributed by atoms with van der Waals surface area (Å²) in [6.07, 6.45) is 0.551. The monoisotopic (exact) mass is 208 g/mol. The summed E-state index contributed by atoms with van der Waals surface area (Å²) in [5.74, 6) is 0.201. The van der Waals surface area contributed by atoms with Crippen molar-refractivity contribution >= 4 is 18.0 Å². The lowest BCUT2D eigenvalue weighted by Crippen LogP contribution is -2.18. The number of methoxy groups -OCH3 is 1. The predicted octanol–water partition coefficient (Wildman–Crippen LogP) is 0.623. The van der Waals surface area contributed by atoms with Gasteiger partial charge in [0, 0.05) is 12.7 Å². The Morgan fingerprint density at radius 3 is 2.73 bits per heavy atom. The molecule has 0 aliphatic carbocycles. The summed E-state index contributed by atoms with van der Waals surface area (Å²) in [7, 11) is 3.01. The van der Waals surface area contributed by atoms with Crippen molar-refractivity contribution in [2.45, 2.75) is 0 Å². The van der Waals surface area contributed by atoms with Gasteiger partial charge in [0.15, 0.2) is 0 Å². The molecule has 5 nitrogen and oxygen atoms in total. The van der Waals surface area contributed by atoms with Crippen LogP contribution in [0.25, 0.3) is 0 Å². The van der Waals surface area contributed by atoms with Crippen LogP contribution in [0.4, 0.5) is 5.69 Å². The van der Waals surface area contributed by atoms with Crippen molar-refractivity contribution in [2.75, 3.05) is 19.5 Å². The molecule has 0 aliphatic heterocycles. The summed E-state index contributed by atoms with van der Waals surface area (Å²) < 4.78 is 5.02. The van der Waals surface area contributed by atoms with Crippen LogP contribution in [0, 0.1) is 0 Å². The Kier molecular flexibility index (Phi) is 3.68. The van der Waals surface area contributed by atoms with Gasteiger partial charge in [-0.15, -0.1) is 0 Å². The fourth-order valence-corrected chi connectivity index (χ4v) is 1.18. The van der Waals surface area contributed by atoms with Crippen LogP contribution in [-0.2, 0) is 4.79 Å². The van der Waals surface area contributed by atoms with E-state index in [-0.39, 0.29) is 5.91 Å². The molecule has 2 amide bonds. The number of hydrogen-bond acceptors (Lipinski definition) is 3. The highest BCUT2D eigenvalue weighted by atomic mass is 16.5. The highest BCUT2D eigenvalue weighted by molar-refractivity contribution is 5.98. The molecule has 0 saturated heterocycles. The minimum Gasteiger partial charge on any atom is -0.496 e. The van der Waals surface area contributed by atoms with E-state index in [9.17, 15) is 9.59 Å². The van der Waals surface area contributed by atoms with Crippen molar-refractivity contribution in [3.63, 3.8) is 0 Å². The minimum atomic E-state index is -0.263. The summed E-state index contributed by atoms with van der Waals surface area (Å²) in [6, 6.07) is 4.82. The average molecular weight is 208 g/mol. The molecule has 0 saturated carbocycles. The maximum atomic E-state index is 11.4. The summed E-state index contributed by atoms with van der Waals surface area (Å²) in [5.41, 5.74) is 0.927. The number of nitrogens with one attached hydrogen (secondary N) is 2. The average Bonchev–Trinajstić information content (AvgIpc) is 2.28. The molecule has 1 aromatic rings. The first kappa shape index (κ1) is 11.0. The molecule has 0 aliphatic rings. The lowest BCUT2D eigenvalue weighted by atomic mass is 10.1. The SMILES string of the molecule is CNC(=O)c1cc(NC=O)ccc1OC. The second-order valence-electron chi connectivity index (χ2n) is 2.76. The van der Waals surface area contributed by atoms with Crippen LogP contribution < -0.4 is 15.4 Å². The van der Waals surface area contributed by atoms with Gasteiger partial charge < -0.3 is 15.4 Å². The number of carbonyl (C=O) groups is 2. The van der Waals surface area contributed by atoms with E-state index in [2.05, 4.69) is 10.6 Å². The zero-order chi connectivity index (χ0) is 11.3. The lowest BCUT2D eigenvalue weighted by Gasteiger charge is -2.08. The number of ether oxygens (including phenoxy) is 1. The van der Waals surface area contributed by atoms with Crippen LogP contribution in [0.15, 0.2) is 18.2 Å². The molecule has 0 radical (unpaired) electrons. The Morgan fingerprint density at radius 2 is 2.20 bits per heavy atom. The molecule has 0 spiro atoms. The van der Waals surface area contributed by atoms with Crippen LogP contribution in [0.5, 0.6) is 5.75 Å². The quantitative estimate of drug-likeness (QED) is 0.713. The Bertz CT molecular complexity index is 377. The van der Waals surface area contributed by atoms with Crippen LogP contribution >= 0.6 is 0 Å². The molecule has 80 valence electrons. The third kappa shape index (κ3) is 2.46. The minimum absolute atomic E-state index is 0.263. The van der Waals surface area contributed by atoms with E-state index in [0.717, 1.165) is 0 Å². The molecular weight excluding hydrogens is 196 g/mol. The summed E-state index contributed by atoms with van der Waals surface area (Å²) in [6.45, 7) is 0. The number of rotatable bonds is 4. The predicted molar refractivity (Wildman–Crippen MR) is 56.1 cm³/mol. The number of carbonyl (C=O) groups excluding carboxylic acids is 2. The zero-order valence-corrected chi connectivity index (χ0v) is 8.53. The van der Waals surface area contributed by atoms with Crippen LogP contribution in [0.2, 0.25) is 0 Å². The van der Waals surface area contributed by atoms with Crippen molar-refractivity contribution in [3.05, 3.63) is 23.8 Å². The second-order valence-corrected chi connectivity index (χ2v) is 2.76. The van der Waals surface area contributed by atoms with Crippen molar-refractivity contribution in [2.24, 2.45) is 0 Å². The first-order valence-electron chi connectivity index (χ1n) is 4.33. The highest BCUT2D eigenvalue weighted by Crippen LogP contribution is 2.22. The van der Waals surface area contributed by atoms with E-state index in [1.165, 1.54) is 14.2 Å². The third-order valence-corrected chi connectivity index (χ3v) is 1.90. The molecule has 0 bridgehead atoms. The van der Waals surface area contributed by atoms with Gasteiger partial charge in [-0.05, 0) is 18.2 Å². The van der Waals surface area contributed by atoms with Crippen molar-refractivity contribution in [1.29, 1.82) is 0 Å². The first-order chi connectivity index (χ1) is 7.22. The summed E-state index contributed by atoms with van der Waals surface area (Å²) in [5, 5.41) is 4.95. The first-order valence-corrected chi connectivity index (χ1v) is 4.33. The molecule has 0 unspecified atom stereocenters. The maximum Gasteiger partial charge on any atom is 0.254 e. The number of hydrogen-bond donors (Lipinski definition) is 2. The van der Waals surface area contributed by atoms with Gasteiger partial charge >= 0.3 is 0 Å². The molecule has 1 aromatic carbocycles. The standard InChI is InChI=1S/C10H12N2O3/c1-11-10(14)8-5-7(12-6-13)3-4-9(8)15-2/h3-6H,1-2H3,(H,11,14)(H,12,13). The van der Waals surface area contributed by atoms with Crippen LogP contribution in [0.3, 0.4) is 0 Å². The van der Waals surface area contributed by atoms with Gasteiger partial charge in [-0.25, -0.2) is 0 Å². The molecule has 0 atom stereocenters. The number of anilines is 1. The van der Waals surface area contributed by atoms with Gasteiger partial charge in [-0.3, -0.25) is 9.59 Å². The molecule has 0 fully saturated rings. The van der Waals surface area contributed by atoms with Crippen molar-refractivity contribution < 1.29 is 14.3 Å². The molecule has 15 heavy (non-hydrogen) atoms. The fraction of sp³-hybridized carbons (Fsp3) is 0.200. The van der Waals surface area contributed by atoms with Crippen LogP contribution in [0.1, 0.15) is 10.4 Å². The van der Waals surface area contributed by atoms with Crippen LogP contribution in [-0.4, -0.2) is 26.5 Å². The largest absolute Gasteiger partial charge is 0.496 e. The van der Waals surface area contributed by atoms with Crippen molar-refractivity contribution in [1.82, 2.24) is 5.32 Å². The smallest absolute Gasteiger partial charge is 0.254 e. The van der Waals surface area contributed by atoms with Gasteiger partial charge in [-0.1, -0.05) is 0 Å². The van der Waals surface area contributed by atoms with Gasteiger partial charge in [0.25, 0.3) is 5.91 Å². The second kappa shape index (κ2) is 4.99.